The summed E-state index contributed by atoms with van der Waals surface area (Å²) in [6, 6.07) is 4.27. The number of aryl methyl sites for hydroxylation is 2. The van der Waals surface area contributed by atoms with Gasteiger partial charge in [0.05, 0.1) is 17.8 Å². The molecule has 9 nitrogen and oxygen atoms in total. The Balaban J connectivity index is 1.83. The van der Waals surface area contributed by atoms with E-state index in [2.05, 4.69) is 15.4 Å². The number of halogens is 2. The Kier molecular flexibility index (Phi) is 4.25. The van der Waals surface area contributed by atoms with Gasteiger partial charge in [0.2, 0.25) is 11.9 Å². The molecule has 4 rings (SSSR count). The van der Waals surface area contributed by atoms with Crippen LogP contribution >= 0.6 is 0 Å². The summed E-state index contributed by atoms with van der Waals surface area (Å²) in [6.45, 7) is 2.42. The number of nitrogens with zero attached hydrogens (tertiary/aromatic N) is 4. The second kappa shape index (κ2) is 6.54. The highest BCUT2D eigenvalue weighted by molar-refractivity contribution is 6.04. The van der Waals surface area contributed by atoms with E-state index in [-0.39, 0.29) is 34.0 Å². The maximum atomic E-state index is 14.3. The Morgan fingerprint density at radius 1 is 1.34 bits per heavy atom. The van der Waals surface area contributed by atoms with Gasteiger partial charge in [0, 0.05) is 12.1 Å². The maximum Gasteiger partial charge on any atom is 0.298 e. The molecule has 0 aliphatic carbocycles. The SMILES string of the molecule is CCn1nc(C)cc1C(=O)Nc1nc2cc(C(N)=O)cc3c2n1CC(F)(F)CO3. The molecule has 0 fully saturated rings. The zero-order chi connectivity index (χ0) is 20.9. The molecule has 1 aliphatic rings. The van der Waals surface area contributed by atoms with Crippen LogP contribution in [0.4, 0.5) is 14.7 Å². The van der Waals surface area contributed by atoms with Crippen molar-refractivity contribution in [3.05, 3.63) is 35.2 Å². The molecule has 0 atom stereocenters. The number of benzene rings is 1. The first-order valence-corrected chi connectivity index (χ1v) is 8.89. The lowest BCUT2D eigenvalue weighted by Crippen LogP contribution is -2.30. The Hall–Kier alpha value is -3.50. The number of carbonyl (C=O) groups is 2. The van der Waals surface area contributed by atoms with Gasteiger partial charge in [-0.15, -0.1) is 0 Å². The van der Waals surface area contributed by atoms with Gasteiger partial charge in [0.1, 0.15) is 17.0 Å². The second-order valence-corrected chi connectivity index (χ2v) is 6.81. The molecular weight excluding hydrogens is 386 g/mol. The summed E-state index contributed by atoms with van der Waals surface area (Å²) in [5.74, 6) is -4.52. The fraction of sp³-hybridized carbons (Fsp3) is 0.333. The van der Waals surface area contributed by atoms with Crippen LogP contribution in [0.5, 0.6) is 5.75 Å². The predicted molar refractivity (Wildman–Crippen MR) is 99.3 cm³/mol. The molecule has 3 N–H and O–H groups in total. The van der Waals surface area contributed by atoms with Crippen molar-refractivity contribution < 1.29 is 23.1 Å². The number of carbonyl (C=O) groups excluding carboxylic acids is 2. The van der Waals surface area contributed by atoms with Crippen LogP contribution < -0.4 is 15.8 Å². The second-order valence-electron chi connectivity index (χ2n) is 6.81. The molecule has 0 saturated carbocycles. The molecule has 0 unspecified atom stereocenters. The zero-order valence-corrected chi connectivity index (χ0v) is 15.7. The Morgan fingerprint density at radius 3 is 2.79 bits per heavy atom. The first-order valence-electron chi connectivity index (χ1n) is 8.89. The quantitative estimate of drug-likeness (QED) is 0.689. The van der Waals surface area contributed by atoms with E-state index in [1.807, 2.05) is 6.92 Å². The number of imidazole rings is 1. The molecule has 3 aromatic rings. The first kappa shape index (κ1) is 18.8. The number of hydrogen-bond donors (Lipinski definition) is 2. The highest BCUT2D eigenvalue weighted by Crippen LogP contribution is 2.36. The average molecular weight is 404 g/mol. The van der Waals surface area contributed by atoms with Crippen LogP contribution in [-0.2, 0) is 13.1 Å². The molecule has 1 aromatic carbocycles. The van der Waals surface area contributed by atoms with E-state index < -0.39 is 30.9 Å². The highest BCUT2D eigenvalue weighted by Gasteiger charge is 2.37. The van der Waals surface area contributed by atoms with Gasteiger partial charge >= 0.3 is 0 Å². The molecule has 0 saturated heterocycles. The number of amides is 2. The van der Waals surface area contributed by atoms with E-state index in [0.717, 1.165) is 0 Å². The van der Waals surface area contributed by atoms with E-state index in [1.54, 1.807) is 13.0 Å². The minimum Gasteiger partial charge on any atom is -0.485 e. The fourth-order valence-corrected chi connectivity index (χ4v) is 3.33. The molecule has 2 amide bonds. The maximum absolute atomic E-state index is 14.3. The van der Waals surface area contributed by atoms with Crippen LogP contribution in [0, 0.1) is 6.92 Å². The summed E-state index contributed by atoms with van der Waals surface area (Å²) in [5, 5.41) is 6.79. The number of anilines is 1. The standard InChI is InChI=1S/C18H18F2N6O3/c1-3-26-12(4-9(2)24-26)16(28)23-17-22-11-5-10(15(21)27)6-13-14(11)25(17)7-18(19,20)8-29-13/h4-6H,3,7-8H2,1-2H3,(H2,21,27)(H,22,23,28). The van der Waals surface area contributed by atoms with Gasteiger partial charge in [-0.2, -0.15) is 5.10 Å². The van der Waals surface area contributed by atoms with Crippen LogP contribution in [0.3, 0.4) is 0 Å². The third kappa shape index (κ3) is 3.28. The number of nitrogens with two attached hydrogens (primary N) is 1. The smallest absolute Gasteiger partial charge is 0.298 e. The molecule has 11 heteroatoms. The topological polar surface area (TPSA) is 117 Å². The highest BCUT2D eigenvalue weighted by atomic mass is 19.3. The molecule has 2 aromatic heterocycles. The van der Waals surface area contributed by atoms with E-state index in [4.69, 9.17) is 10.5 Å². The summed E-state index contributed by atoms with van der Waals surface area (Å²) in [5.41, 5.74) is 6.78. The fourth-order valence-electron chi connectivity index (χ4n) is 3.33. The number of alkyl halides is 2. The van der Waals surface area contributed by atoms with E-state index >= 15 is 0 Å². The summed E-state index contributed by atoms with van der Waals surface area (Å²) in [7, 11) is 0. The van der Waals surface area contributed by atoms with Crippen molar-refractivity contribution in [2.45, 2.75) is 32.9 Å². The summed E-state index contributed by atoms with van der Waals surface area (Å²) < 4.78 is 36.4. The van der Waals surface area contributed by atoms with Crippen LogP contribution in [0.2, 0.25) is 0 Å². The van der Waals surface area contributed by atoms with E-state index in [0.29, 0.717) is 12.2 Å². The minimum absolute atomic E-state index is 0.0518. The third-order valence-electron chi connectivity index (χ3n) is 4.58. The molecular formula is C18H18F2N6O3. The number of rotatable bonds is 4. The van der Waals surface area contributed by atoms with Crippen LogP contribution in [0.15, 0.2) is 18.2 Å². The van der Waals surface area contributed by atoms with Gasteiger partial charge in [-0.25, -0.2) is 13.8 Å². The van der Waals surface area contributed by atoms with Gasteiger partial charge in [0.15, 0.2) is 6.61 Å². The molecule has 0 spiro atoms. The Labute approximate surface area is 163 Å². The van der Waals surface area contributed by atoms with Gasteiger partial charge < -0.3 is 15.0 Å². The lowest BCUT2D eigenvalue weighted by atomic mass is 10.1. The molecule has 1 aliphatic heterocycles. The third-order valence-corrected chi connectivity index (χ3v) is 4.58. The monoisotopic (exact) mass is 404 g/mol. The van der Waals surface area contributed by atoms with Gasteiger partial charge in [-0.1, -0.05) is 0 Å². The van der Waals surface area contributed by atoms with Crippen LogP contribution in [0.25, 0.3) is 11.0 Å². The Morgan fingerprint density at radius 2 is 2.10 bits per heavy atom. The number of ether oxygens (including phenoxy) is 1. The van der Waals surface area contributed by atoms with Crippen molar-refractivity contribution in [3.63, 3.8) is 0 Å². The van der Waals surface area contributed by atoms with E-state index in [9.17, 15) is 18.4 Å². The summed E-state index contributed by atoms with van der Waals surface area (Å²) in [4.78, 5) is 28.6. The van der Waals surface area contributed by atoms with Crippen LogP contribution in [0.1, 0.15) is 33.5 Å². The van der Waals surface area contributed by atoms with Crippen molar-refractivity contribution in [2.75, 3.05) is 11.9 Å². The summed E-state index contributed by atoms with van der Waals surface area (Å²) >= 11 is 0. The molecule has 3 heterocycles. The molecule has 152 valence electrons. The Bertz CT molecular complexity index is 1150. The van der Waals surface area contributed by atoms with Gasteiger partial charge in [-0.3, -0.25) is 19.6 Å². The summed E-state index contributed by atoms with van der Waals surface area (Å²) in [6.07, 6.45) is 0. The van der Waals surface area contributed by atoms with Crippen LogP contribution in [-0.4, -0.2) is 43.7 Å². The van der Waals surface area contributed by atoms with E-state index in [1.165, 1.54) is 21.4 Å². The van der Waals surface area contributed by atoms with Crippen molar-refractivity contribution in [3.8, 4) is 5.75 Å². The number of nitrogens with one attached hydrogen (secondary N) is 1. The zero-order valence-electron chi connectivity index (χ0n) is 15.7. The molecule has 0 radical (unpaired) electrons. The minimum atomic E-state index is -3.21. The lowest BCUT2D eigenvalue weighted by Gasteiger charge is -2.15. The van der Waals surface area contributed by atoms with Crippen molar-refractivity contribution >= 4 is 28.8 Å². The average Bonchev–Trinajstić information content (AvgIpc) is 3.15. The number of primary amides is 1. The van der Waals surface area contributed by atoms with Gasteiger partial charge in [-0.05, 0) is 32.0 Å². The molecule has 29 heavy (non-hydrogen) atoms. The predicted octanol–water partition coefficient (Wildman–Crippen LogP) is 1.94. The normalized spacial score (nSPS) is 15.0. The van der Waals surface area contributed by atoms with Crippen molar-refractivity contribution in [1.82, 2.24) is 19.3 Å². The number of aromatic nitrogens is 4. The molecule has 0 bridgehead atoms. The lowest BCUT2D eigenvalue weighted by molar-refractivity contribution is -0.0492. The first-order chi connectivity index (χ1) is 13.7. The largest absolute Gasteiger partial charge is 0.485 e. The van der Waals surface area contributed by atoms with Crippen molar-refractivity contribution in [2.24, 2.45) is 5.73 Å². The van der Waals surface area contributed by atoms with Gasteiger partial charge in [0.25, 0.3) is 11.8 Å². The van der Waals surface area contributed by atoms with Crippen molar-refractivity contribution in [1.29, 1.82) is 0 Å². The number of hydrogen-bond acceptors (Lipinski definition) is 5.